The summed E-state index contributed by atoms with van der Waals surface area (Å²) in [6.45, 7) is 3.42. The van der Waals surface area contributed by atoms with Crippen LogP contribution in [0.5, 0.6) is 0 Å². The molecule has 0 spiro atoms. The second kappa shape index (κ2) is 7.86. The fraction of sp³-hybridized carbons (Fsp3) is 0.316. The molecule has 0 saturated carbocycles. The van der Waals surface area contributed by atoms with Crippen molar-refractivity contribution in [3.8, 4) is 0 Å². The van der Waals surface area contributed by atoms with Crippen molar-refractivity contribution in [3.05, 3.63) is 59.4 Å². The van der Waals surface area contributed by atoms with Gasteiger partial charge in [0.05, 0.1) is 4.90 Å². The van der Waals surface area contributed by atoms with Crippen LogP contribution in [0.15, 0.2) is 53.4 Å². The largest absolute Gasteiger partial charge is 0.368 e. The third-order valence-corrected chi connectivity index (χ3v) is 7.02. The maximum absolute atomic E-state index is 13.0. The van der Waals surface area contributed by atoms with Crippen molar-refractivity contribution in [3.63, 3.8) is 0 Å². The first-order valence-electron chi connectivity index (χ1n) is 8.58. The van der Waals surface area contributed by atoms with Gasteiger partial charge in [-0.3, -0.25) is 4.79 Å². The molecular formula is C19H20ClFN2O3S. The Morgan fingerprint density at radius 3 is 2.30 bits per heavy atom. The summed E-state index contributed by atoms with van der Waals surface area (Å²) in [7, 11) is -3.86. The molecule has 1 fully saturated rings. The van der Waals surface area contributed by atoms with Gasteiger partial charge in [0, 0.05) is 36.9 Å². The van der Waals surface area contributed by atoms with Crippen molar-refractivity contribution in [2.24, 2.45) is 0 Å². The van der Waals surface area contributed by atoms with Crippen molar-refractivity contribution in [2.75, 3.05) is 31.1 Å². The molecule has 1 amide bonds. The number of hydrogen-bond acceptors (Lipinski definition) is 4. The van der Waals surface area contributed by atoms with Gasteiger partial charge in [-0.2, -0.15) is 0 Å². The van der Waals surface area contributed by atoms with Crippen LogP contribution in [0, 0.1) is 5.82 Å². The molecule has 0 unspecified atom stereocenters. The van der Waals surface area contributed by atoms with Gasteiger partial charge in [0.1, 0.15) is 11.1 Å². The van der Waals surface area contributed by atoms with E-state index in [1.54, 1.807) is 11.0 Å². The van der Waals surface area contributed by atoms with Crippen molar-refractivity contribution in [1.82, 2.24) is 4.90 Å². The second-order valence-corrected chi connectivity index (χ2v) is 9.14. The highest BCUT2D eigenvalue weighted by Gasteiger charge is 2.34. The highest BCUT2D eigenvalue weighted by atomic mass is 35.5. The number of benzene rings is 2. The standard InChI is InChI=1S/C19H20ClFN2O3S/c1-14(27(25,26)18-7-5-16(21)6-8-18)19(24)23-11-9-22(10-12-23)17-4-2-3-15(20)13-17/h2-8,13-14H,9-12H2,1H3/t14-/m0/s1. The predicted molar refractivity (Wildman–Crippen MR) is 103 cm³/mol. The molecule has 2 aromatic rings. The van der Waals surface area contributed by atoms with Gasteiger partial charge in [0.2, 0.25) is 5.91 Å². The fourth-order valence-electron chi connectivity index (χ4n) is 3.08. The van der Waals surface area contributed by atoms with E-state index in [2.05, 4.69) is 4.90 Å². The number of hydrogen-bond donors (Lipinski definition) is 0. The van der Waals surface area contributed by atoms with Crippen LogP contribution < -0.4 is 4.90 Å². The molecule has 0 aliphatic carbocycles. The molecule has 27 heavy (non-hydrogen) atoms. The Morgan fingerprint density at radius 2 is 1.70 bits per heavy atom. The van der Waals surface area contributed by atoms with E-state index < -0.39 is 26.8 Å². The van der Waals surface area contributed by atoms with Gasteiger partial charge in [0.25, 0.3) is 0 Å². The minimum absolute atomic E-state index is 0.0534. The molecule has 1 heterocycles. The van der Waals surface area contributed by atoms with E-state index in [1.165, 1.54) is 19.1 Å². The van der Waals surface area contributed by atoms with E-state index in [0.29, 0.717) is 31.2 Å². The number of carbonyl (C=O) groups excluding carboxylic acids is 1. The first-order valence-corrected chi connectivity index (χ1v) is 10.5. The van der Waals surface area contributed by atoms with E-state index in [0.717, 1.165) is 17.8 Å². The number of amides is 1. The van der Waals surface area contributed by atoms with Gasteiger partial charge in [-0.1, -0.05) is 17.7 Å². The van der Waals surface area contributed by atoms with Crippen LogP contribution in [0.2, 0.25) is 5.02 Å². The molecule has 0 bridgehead atoms. The molecule has 0 aromatic heterocycles. The SMILES string of the molecule is C[C@@H](C(=O)N1CCN(c2cccc(Cl)c2)CC1)S(=O)(=O)c1ccc(F)cc1. The number of carbonyl (C=O) groups is 1. The first-order chi connectivity index (χ1) is 12.8. The number of halogens is 2. The topological polar surface area (TPSA) is 57.7 Å². The maximum Gasteiger partial charge on any atom is 0.241 e. The lowest BCUT2D eigenvalue weighted by molar-refractivity contribution is -0.130. The van der Waals surface area contributed by atoms with Crippen LogP contribution in [0.3, 0.4) is 0 Å². The van der Waals surface area contributed by atoms with Crippen LogP contribution in [-0.2, 0) is 14.6 Å². The molecule has 3 rings (SSSR count). The van der Waals surface area contributed by atoms with Crippen molar-refractivity contribution in [2.45, 2.75) is 17.1 Å². The summed E-state index contributed by atoms with van der Waals surface area (Å²) in [5, 5.41) is -0.578. The van der Waals surface area contributed by atoms with Crippen LogP contribution in [-0.4, -0.2) is 50.7 Å². The van der Waals surface area contributed by atoms with Gasteiger partial charge < -0.3 is 9.80 Å². The predicted octanol–water partition coefficient (Wildman–Crippen LogP) is 2.99. The first kappa shape index (κ1) is 19.6. The molecule has 1 saturated heterocycles. The molecule has 5 nitrogen and oxygen atoms in total. The van der Waals surface area contributed by atoms with Crippen LogP contribution in [0.1, 0.15) is 6.92 Å². The van der Waals surface area contributed by atoms with Gasteiger partial charge in [0.15, 0.2) is 9.84 Å². The summed E-state index contributed by atoms with van der Waals surface area (Å²) in [4.78, 5) is 16.3. The Labute approximate surface area is 163 Å². The lowest BCUT2D eigenvalue weighted by Crippen LogP contribution is -2.52. The Hall–Kier alpha value is -2.12. The zero-order chi connectivity index (χ0) is 19.6. The summed E-state index contributed by atoms with van der Waals surface area (Å²) in [6, 6.07) is 12.0. The lowest BCUT2D eigenvalue weighted by atomic mass is 10.2. The van der Waals surface area contributed by atoms with Crippen molar-refractivity contribution < 1.29 is 17.6 Å². The third kappa shape index (κ3) is 4.25. The monoisotopic (exact) mass is 410 g/mol. The van der Waals surface area contributed by atoms with Crippen LogP contribution in [0.25, 0.3) is 0 Å². The summed E-state index contributed by atoms with van der Waals surface area (Å²) in [6.07, 6.45) is 0. The summed E-state index contributed by atoms with van der Waals surface area (Å²) in [5.41, 5.74) is 0.974. The Kier molecular flexibility index (Phi) is 5.72. The molecule has 1 aliphatic rings. The highest BCUT2D eigenvalue weighted by Crippen LogP contribution is 2.22. The quantitative estimate of drug-likeness (QED) is 0.727. The van der Waals surface area contributed by atoms with Gasteiger partial charge in [-0.15, -0.1) is 0 Å². The Morgan fingerprint density at radius 1 is 1.07 bits per heavy atom. The third-order valence-electron chi connectivity index (χ3n) is 4.72. The summed E-state index contributed by atoms with van der Waals surface area (Å²) in [5.74, 6) is -0.963. The Bertz CT molecular complexity index is 926. The molecule has 1 aliphatic heterocycles. The van der Waals surface area contributed by atoms with E-state index in [4.69, 9.17) is 11.6 Å². The number of piperazine rings is 1. The molecule has 144 valence electrons. The lowest BCUT2D eigenvalue weighted by Gasteiger charge is -2.37. The minimum Gasteiger partial charge on any atom is -0.368 e. The molecule has 0 radical (unpaired) electrons. The fourth-order valence-corrected chi connectivity index (χ4v) is 4.60. The van der Waals surface area contributed by atoms with Crippen molar-refractivity contribution >= 4 is 33.0 Å². The van der Waals surface area contributed by atoms with Gasteiger partial charge in [-0.05, 0) is 49.4 Å². The molecular weight excluding hydrogens is 391 g/mol. The van der Waals surface area contributed by atoms with E-state index in [-0.39, 0.29) is 4.90 Å². The molecule has 8 heteroatoms. The van der Waals surface area contributed by atoms with Crippen molar-refractivity contribution in [1.29, 1.82) is 0 Å². The average Bonchev–Trinajstić information content (AvgIpc) is 2.67. The molecule has 1 atom stereocenters. The second-order valence-electron chi connectivity index (χ2n) is 6.43. The summed E-state index contributed by atoms with van der Waals surface area (Å²) >= 11 is 6.02. The van der Waals surface area contributed by atoms with E-state index in [9.17, 15) is 17.6 Å². The zero-order valence-corrected chi connectivity index (χ0v) is 16.4. The van der Waals surface area contributed by atoms with E-state index in [1.807, 2.05) is 18.2 Å². The maximum atomic E-state index is 13.0. The summed E-state index contributed by atoms with van der Waals surface area (Å²) < 4.78 is 38.4. The average molecular weight is 411 g/mol. The molecule has 0 N–H and O–H groups in total. The van der Waals surface area contributed by atoms with Crippen LogP contribution in [0.4, 0.5) is 10.1 Å². The number of nitrogens with zero attached hydrogens (tertiary/aromatic N) is 2. The van der Waals surface area contributed by atoms with E-state index >= 15 is 0 Å². The zero-order valence-electron chi connectivity index (χ0n) is 14.8. The number of rotatable bonds is 4. The smallest absolute Gasteiger partial charge is 0.241 e. The Balaban J connectivity index is 1.67. The van der Waals surface area contributed by atoms with Gasteiger partial charge >= 0.3 is 0 Å². The van der Waals surface area contributed by atoms with Gasteiger partial charge in [-0.25, -0.2) is 12.8 Å². The molecule has 2 aromatic carbocycles. The number of sulfone groups is 1. The van der Waals surface area contributed by atoms with Crippen LogP contribution >= 0.6 is 11.6 Å². The minimum atomic E-state index is -3.86. The number of anilines is 1. The highest BCUT2D eigenvalue weighted by molar-refractivity contribution is 7.92. The normalized spacial score (nSPS) is 16.3.